The molecule has 0 bridgehead atoms. The minimum Gasteiger partial charge on any atom is -0.368 e. The van der Waals surface area contributed by atoms with Crippen molar-refractivity contribution in [3.05, 3.63) is 58.3 Å². The largest absolute Gasteiger partial charge is 0.417 e. The Balaban J connectivity index is 1.76. The maximum absolute atomic E-state index is 13.0. The minimum absolute atomic E-state index is 0.191. The first kappa shape index (κ1) is 24.2. The molecule has 0 unspecified atom stereocenters. The monoisotopic (exact) mass is 510 g/mol. The third-order valence-electron chi connectivity index (χ3n) is 5.51. The summed E-state index contributed by atoms with van der Waals surface area (Å²) in [6.45, 7) is 3.01. The van der Waals surface area contributed by atoms with Gasteiger partial charge in [-0.05, 0) is 36.9 Å². The van der Waals surface area contributed by atoms with E-state index in [1.807, 2.05) is 11.8 Å². The number of hydrogen-bond donors (Lipinski definition) is 2. The normalized spacial score (nSPS) is 15.2. The van der Waals surface area contributed by atoms with Crippen molar-refractivity contribution in [1.82, 2.24) is 20.3 Å². The van der Waals surface area contributed by atoms with Crippen LogP contribution in [-0.4, -0.2) is 46.0 Å². The van der Waals surface area contributed by atoms with Gasteiger partial charge in [0.2, 0.25) is 5.91 Å². The molecule has 3 aromatic rings. The zero-order chi connectivity index (χ0) is 24.7. The number of aromatic nitrogens is 3. The highest BCUT2D eigenvalue weighted by molar-refractivity contribution is 6.36. The molecule has 7 nitrogen and oxygen atoms in total. The summed E-state index contributed by atoms with van der Waals surface area (Å²) in [5.74, 6) is -0.0171. The molecule has 0 radical (unpaired) electrons. The van der Waals surface area contributed by atoms with Gasteiger partial charge in [0.15, 0.2) is 0 Å². The molecule has 1 aliphatic heterocycles. The number of carbonyl (C=O) groups excluding carboxylic acids is 1. The summed E-state index contributed by atoms with van der Waals surface area (Å²) in [4.78, 5) is 26.8. The summed E-state index contributed by atoms with van der Waals surface area (Å²) in [6, 6.07) is 6.96. The summed E-state index contributed by atoms with van der Waals surface area (Å²) in [5.41, 5.74) is 5.05. The summed E-state index contributed by atoms with van der Waals surface area (Å²) in [7, 11) is 0. The molecule has 0 aliphatic carbocycles. The third-order valence-corrected chi connectivity index (χ3v) is 6.06. The number of carbonyl (C=O) groups is 1. The lowest BCUT2D eigenvalue weighted by Gasteiger charge is -2.48. The van der Waals surface area contributed by atoms with E-state index in [0.29, 0.717) is 28.6 Å². The Hall–Kier alpha value is -2.95. The van der Waals surface area contributed by atoms with Crippen molar-refractivity contribution in [2.75, 3.05) is 24.5 Å². The van der Waals surface area contributed by atoms with E-state index in [2.05, 4.69) is 20.3 Å². The van der Waals surface area contributed by atoms with Crippen LogP contribution in [0, 0.1) is 0 Å². The molecule has 3 N–H and O–H groups in total. The first-order valence-corrected chi connectivity index (χ1v) is 11.0. The van der Waals surface area contributed by atoms with Crippen LogP contribution in [0.2, 0.25) is 10.0 Å². The molecule has 4 rings (SSSR count). The molecular weight excluding hydrogens is 492 g/mol. The van der Waals surface area contributed by atoms with E-state index in [-0.39, 0.29) is 29.5 Å². The highest BCUT2D eigenvalue weighted by Crippen LogP contribution is 2.37. The maximum Gasteiger partial charge on any atom is 0.417 e. The molecule has 0 spiro atoms. The smallest absolute Gasteiger partial charge is 0.368 e. The fourth-order valence-corrected chi connectivity index (χ4v) is 4.25. The van der Waals surface area contributed by atoms with Gasteiger partial charge in [-0.25, -0.2) is 9.97 Å². The van der Waals surface area contributed by atoms with Gasteiger partial charge in [-0.1, -0.05) is 30.1 Å². The number of likely N-dealkylation sites (N-methyl/N-ethyl adjacent to an activating group) is 1. The summed E-state index contributed by atoms with van der Waals surface area (Å²) < 4.78 is 38.9. The second-order valence-corrected chi connectivity index (χ2v) is 8.66. The van der Waals surface area contributed by atoms with Gasteiger partial charge in [0.05, 0.1) is 22.5 Å². The Labute approximate surface area is 203 Å². The fraction of sp³-hybridized carbons (Fsp3) is 0.273. The van der Waals surface area contributed by atoms with Gasteiger partial charge in [-0.3, -0.25) is 9.78 Å². The van der Waals surface area contributed by atoms with E-state index >= 15 is 0 Å². The zero-order valence-electron chi connectivity index (χ0n) is 17.8. The Morgan fingerprint density at radius 2 is 1.88 bits per heavy atom. The van der Waals surface area contributed by atoms with Gasteiger partial charge in [-0.15, -0.1) is 0 Å². The molecule has 3 heterocycles. The van der Waals surface area contributed by atoms with Crippen molar-refractivity contribution in [3.63, 3.8) is 0 Å². The van der Waals surface area contributed by atoms with E-state index in [1.54, 1.807) is 12.1 Å². The minimum atomic E-state index is -4.51. The van der Waals surface area contributed by atoms with Gasteiger partial charge in [0.1, 0.15) is 22.7 Å². The van der Waals surface area contributed by atoms with Crippen LogP contribution in [0.4, 0.5) is 19.0 Å². The first-order valence-electron chi connectivity index (χ1n) is 10.2. The number of hydrogen-bond acceptors (Lipinski definition) is 6. The Morgan fingerprint density at radius 1 is 1.15 bits per heavy atom. The van der Waals surface area contributed by atoms with Crippen molar-refractivity contribution in [3.8, 4) is 22.6 Å². The van der Waals surface area contributed by atoms with Crippen LogP contribution in [0.5, 0.6) is 0 Å². The first-order chi connectivity index (χ1) is 16.0. The van der Waals surface area contributed by atoms with Crippen molar-refractivity contribution in [2.24, 2.45) is 5.73 Å². The van der Waals surface area contributed by atoms with Crippen LogP contribution in [0.3, 0.4) is 0 Å². The van der Waals surface area contributed by atoms with Gasteiger partial charge < -0.3 is 16.0 Å². The average molecular weight is 511 g/mol. The molecule has 12 heteroatoms. The molecule has 0 saturated carbocycles. The summed E-state index contributed by atoms with van der Waals surface area (Å²) in [6.07, 6.45) is -2.30. The van der Waals surface area contributed by atoms with Crippen LogP contribution < -0.4 is 16.0 Å². The van der Waals surface area contributed by atoms with Gasteiger partial charge in [-0.2, -0.15) is 13.2 Å². The zero-order valence-corrected chi connectivity index (χ0v) is 19.3. The predicted octanol–water partition coefficient (Wildman–Crippen LogP) is 4.18. The Morgan fingerprint density at radius 3 is 2.44 bits per heavy atom. The van der Waals surface area contributed by atoms with Gasteiger partial charge in [0, 0.05) is 29.9 Å². The number of nitrogens with zero attached hydrogens (tertiary/aromatic N) is 4. The second-order valence-electron chi connectivity index (χ2n) is 7.81. The van der Waals surface area contributed by atoms with Crippen LogP contribution in [-0.2, 0) is 11.0 Å². The number of primary amides is 1. The number of alkyl halides is 3. The Bertz CT molecular complexity index is 1230. The van der Waals surface area contributed by atoms with E-state index in [4.69, 9.17) is 28.9 Å². The number of anilines is 1. The predicted molar refractivity (Wildman–Crippen MR) is 124 cm³/mol. The van der Waals surface area contributed by atoms with Crippen molar-refractivity contribution in [1.29, 1.82) is 0 Å². The van der Waals surface area contributed by atoms with E-state index in [1.165, 1.54) is 18.3 Å². The van der Waals surface area contributed by atoms with Crippen LogP contribution >= 0.6 is 23.2 Å². The highest BCUT2D eigenvalue weighted by Gasteiger charge is 2.48. The molecule has 1 aliphatic rings. The number of nitrogens with two attached hydrogens (primary N) is 1. The number of halogens is 5. The quantitative estimate of drug-likeness (QED) is 0.516. The number of rotatable bonds is 6. The number of amides is 1. The molecule has 34 heavy (non-hydrogen) atoms. The summed E-state index contributed by atoms with van der Waals surface area (Å²) in [5, 5.41) is 3.80. The highest BCUT2D eigenvalue weighted by atomic mass is 35.5. The molecule has 1 fully saturated rings. The van der Waals surface area contributed by atoms with Gasteiger partial charge in [0.25, 0.3) is 0 Å². The van der Waals surface area contributed by atoms with Gasteiger partial charge >= 0.3 is 6.18 Å². The van der Waals surface area contributed by atoms with E-state index < -0.39 is 23.2 Å². The lowest BCUT2D eigenvalue weighted by molar-refractivity contribution is -0.137. The topological polar surface area (TPSA) is 97.0 Å². The number of pyridine rings is 1. The summed E-state index contributed by atoms with van der Waals surface area (Å²) >= 11 is 12.4. The van der Waals surface area contributed by atoms with Crippen molar-refractivity contribution >= 4 is 34.9 Å². The molecule has 1 amide bonds. The maximum atomic E-state index is 13.0. The number of nitrogens with one attached hydrogen (secondary N) is 1. The molecule has 1 aromatic carbocycles. The van der Waals surface area contributed by atoms with Crippen LogP contribution in [0.15, 0.2) is 42.7 Å². The Kier molecular flexibility index (Phi) is 6.41. The third kappa shape index (κ3) is 4.53. The molecule has 2 aromatic heterocycles. The van der Waals surface area contributed by atoms with E-state index in [9.17, 15) is 18.0 Å². The molecule has 178 valence electrons. The van der Waals surface area contributed by atoms with Crippen LogP contribution in [0.1, 0.15) is 12.5 Å². The molecular formula is C22H19Cl2F3N6O. The van der Waals surface area contributed by atoms with Crippen LogP contribution in [0.25, 0.3) is 22.6 Å². The lowest BCUT2D eigenvalue weighted by Crippen LogP contribution is -2.75. The lowest BCUT2D eigenvalue weighted by atomic mass is 9.89. The molecule has 0 atom stereocenters. The molecule has 1 saturated heterocycles. The fourth-order valence-electron chi connectivity index (χ4n) is 3.75. The standard InChI is InChI=1S/C22H19Cl2F3N6O/c1-2-31-21(20(28)34)10-33(11-21)17-9-30-19(16-6-3-12(8-29-16)22(25,26)27)18(32-17)14-5-4-13(23)7-15(14)24/h3-9,31H,2,10-11H2,1H3,(H2,28,34). The second kappa shape index (κ2) is 9.01. The van der Waals surface area contributed by atoms with E-state index in [0.717, 1.165) is 12.3 Å². The average Bonchev–Trinajstić information content (AvgIpc) is 2.75. The van der Waals surface area contributed by atoms with Crippen molar-refractivity contribution in [2.45, 2.75) is 18.6 Å². The number of benzene rings is 1. The SMILES string of the molecule is CCNC1(C(N)=O)CN(c2cnc(-c3ccc(C(F)(F)F)cn3)c(-c3ccc(Cl)cc3Cl)n2)C1. The van der Waals surface area contributed by atoms with Crippen molar-refractivity contribution < 1.29 is 18.0 Å².